The third-order valence-electron chi connectivity index (χ3n) is 3.48. The average molecular weight is 347 g/mol. The molecule has 24 heavy (non-hydrogen) atoms. The van der Waals surface area contributed by atoms with Crippen molar-refractivity contribution < 1.29 is 17.9 Å². The van der Waals surface area contributed by atoms with Gasteiger partial charge in [0.05, 0.1) is 12.4 Å². The van der Waals surface area contributed by atoms with Crippen LogP contribution in [0.2, 0.25) is 0 Å². The number of benzene rings is 2. The third kappa shape index (κ3) is 5.47. The molecule has 5 nitrogen and oxygen atoms in total. The zero-order valence-electron chi connectivity index (χ0n) is 13.8. The molecule has 2 rings (SSSR count). The summed E-state index contributed by atoms with van der Waals surface area (Å²) in [5.41, 5.74) is 3.05. The molecule has 0 heterocycles. The maximum absolute atomic E-state index is 12.3. The van der Waals surface area contributed by atoms with Gasteiger partial charge in [0.15, 0.2) is 9.84 Å². The predicted molar refractivity (Wildman–Crippen MR) is 93.3 cm³/mol. The van der Waals surface area contributed by atoms with E-state index in [4.69, 9.17) is 4.74 Å². The smallest absolute Gasteiger partial charge is 0.251 e. The van der Waals surface area contributed by atoms with Crippen LogP contribution in [0.15, 0.2) is 48.5 Å². The van der Waals surface area contributed by atoms with Gasteiger partial charge in [0.25, 0.3) is 5.91 Å². The Hall–Kier alpha value is -2.18. The molecule has 0 saturated heterocycles. The number of methoxy groups -OCH3 is 1. The van der Waals surface area contributed by atoms with Crippen LogP contribution in [0.5, 0.6) is 0 Å². The first-order valence-corrected chi connectivity index (χ1v) is 9.55. The molecule has 0 saturated carbocycles. The summed E-state index contributed by atoms with van der Waals surface area (Å²) in [5, 5.41) is 2.86. The average Bonchev–Trinajstić information content (AvgIpc) is 2.52. The topological polar surface area (TPSA) is 72.5 Å². The minimum Gasteiger partial charge on any atom is -0.380 e. The summed E-state index contributed by atoms with van der Waals surface area (Å²) >= 11 is 0. The summed E-state index contributed by atoms with van der Waals surface area (Å²) in [5.74, 6) is -0.317. The molecule has 0 aliphatic heterocycles. The second kappa shape index (κ2) is 8.08. The zero-order chi connectivity index (χ0) is 17.6. The van der Waals surface area contributed by atoms with Crippen molar-refractivity contribution in [3.63, 3.8) is 0 Å². The maximum Gasteiger partial charge on any atom is 0.251 e. The summed E-state index contributed by atoms with van der Waals surface area (Å²) in [6, 6.07) is 14.4. The van der Waals surface area contributed by atoms with E-state index >= 15 is 0 Å². The molecule has 0 spiro atoms. The Morgan fingerprint density at radius 1 is 1.08 bits per heavy atom. The van der Waals surface area contributed by atoms with Gasteiger partial charge in [-0.2, -0.15) is 0 Å². The number of nitrogens with one attached hydrogen (secondary N) is 1. The number of ether oxygens (including phenoxy) is 1. The van der Waals surface area contributed by atoms with Crippen molar-refractivity contribution in [3.8, 4) is 0 Å². The molecule has 6 heteroatoms. The Kier molecular flexibility index (Phi) is 6.11. The molecular formula is C18H21NO4S. The van der Waals surface area contributed by atoms with Crippen LogP contribution in [0.25, 0.3) is 0 Å². The number of carbonyl (C=O) groups excluding carboxylic acids is 1. The summed E-state index contributed by atoms with van der Waals surface area (Å²) < 4.78 is 27.9. The first-order valence-electron chi connectivity index (χ1n) is 7.49. The van der Waals surface area contributed by atoms with Crippen LogP contribution in [0.1, 0.15) is 27.0 Å². The molecule has 128 valence electrons. The molecule has 2 aromatic carbocycles. The van der Waals surface area contributed by atoms with E-state index in [0.29, 0.717) is 24.3 Å². The van der Waals surface area contributed by atoms with E-state index in [-0.39, 0.29) is 11.7 Å². The lowest BCUT2D eigenvalue weighted by Crippen LogP contribution is -2.23. The van der Waals surface area contributed by atoms with Gasteiger partial charge in [-0.1, -0.05) is 36.4 Å². The molecule has 1 amide bonds. The van der Waals surface area contributed by atoms with Crippen LogP contribution in [0, 0.1) is 0 Å². The highest BCUT2D eigenvalue weighted by atomic mass is 32.2. The fraction of sp³-hybridized carbons (Fsp3) is 0.278. The van der Waals surface area contributed by atoms with Gasteiger partial charge in [-0.3, -0.25) is 4.79 Å². The van der Waals surface area contributed by atoms with Crippen LogP contribution < -0.4 is 5.32 Å². The summed E-state index contributed by atoms with van der Waals surface area (Å²) in [6.07, 6.45) is 1.17. The number of sulfone groups is 1. The highest BCUT2D eigenvalue weighted by Crippen LogP contribution is 2.12. The van der Waals surface area contributed by atoms with Gasteiger partial charge in [0.1, 0.15) is 0 Å². The molecule has 0 aromatic heterocycles. The number of carbonyl (C=O) groups is 1. The molecule has 0 aliphatic rings. The van der Waals surface area contributed by atoms with Gasteiger partial charge in [-0.05, 0) is 28.8 Å². The second-order valence-corrected chi connectivity index (χ2v) is 7.80. The number of rotatable bonds is 7. The molecule has 0 atom stereocenters. The van der Waals surface area contributed by atoms with Crippen LogP contribution in [-0.4, -0.2) is 27.7 Å². The zero-order valence-corrected chi connectivity index (χ0v) is 14.6. The molecule has 2 aromatic rings. The van der Waals surface area contributed by atoms with Gasteiger partial charge >= 0.3 is 0 Å². The minimum absolute atomic E-state index is 0.0786. The van der Waals surface area contributed by atoms with E-state index in [0.717, 1.165) is 11.1 Å². The first kappa shape index (κ1) is 18.2. The maximum atomic E-state index is 12.3. The van der Waals surface area contributed by atoms with Crippen molar-refractivity contribution in [2.24, 2.45) is 0 Å². The Bertz CT molecular complexity index is 815. The van der Waals surface area contributed by atoms with Gasteiger partial charge in [0.2, 0.25) is 0 Å². The lowest BCUT2D eigenvalue weighted by atomic mass is 10.1. The highest BCUT2D eigenvalue weighted by molar-refractivity contribution is 7.89. The van der Waals surface area contributed by atoms with Crippen LogP contribution in [0.3, 0.4) is 0 Å². The first-order chi connectivity index (χ1) is 11.4. The predicted octanol–water partition coefficient (Wildman–Crippen LogP) is 2.31. The van der Waals surface area contributed by atoms with Crippen LogP contribution in [0.4, 0.5) is 0 Å². The van der Waals surface area contributed by atoms with Gasteiger partial charge in [-0.25, -0.2) is 8.42 Å². The quantitative estimate of drug-likeness (QED) is 0.834. The Morgan fingerprint density at radius 3 is 2.46 bits per heavy atom. The summed E-state index contributed by atoms with van der Waals surface area (Å²) in [6.45, 7) is 0.866. The lowest BCUT2D eigenvalue weighted by Gasteiger charge is -2.10. The molecule has 0 radical (unpaired) electrons. The Morgan fingerprint density at radius 2 is 1.79 bits per heavy atom. The largest absolute Gasteiger partial charge is 0.380 e. The third-order valence-corrected chi connectivity index (χ3v) is 4.33. The monoisotopic (exact) mass is 347 g/mol. The fourth-order valence-electron chi connectivity index (χ4n) is 2.41. The Balaban J connectivity index is 2.07. The molecule has 0 fully saturated rings. The second-order valence-electron chi connectivity index (χ2n) is 5.65. The van der Waals surface area contributed by atoms with Crippen LogP contribution >= 0.6 is 0 Å². The van der Waals surface area contributed by atoms with Crippen LogP contribution in [-0.2, 0) is 33.5 Å². The number of hydrogen-bond donors (Lipinski definition) is 1. The Labute approximate surface area is 142 Å². The SMILES string of the molecule is COCc1ccccc1CNC(=O)c1cccc(CS(C)(=O)=O)c1. The van der Waals surface area contributed by atoms with E-state index in [1.165, 1.54) is 6.26 Å². The van der Waals surface area contributed by atoms with Crippen molar-refractivity contribution in [3.05, 3.63) is 70.8 Å². The van der Waals surface area contributed by atoms with Crippen molar-refractivity contribution in [1.82, 2.24) is 5.32 Å². The molecule has 0 unspecified atom stereocenters. The summed E-state index contributed by atoms with van der Waals surface area (Å²) in [4.78, 5) is 12.3. The highest BCUT2D eigenvalue weighted by Gasteiger charge is 2.10. The van der Waals surface area contributed by atoms with E-state index in [1.54, 1.807) is 31.4 Å². The summed E-state index contributed by atoms with van der Waals surface area (Å²) in [7, 11) is -1.50. The van der Waals surface area contributed by atoms with Crippen molar-refractivity contribution in [1.29, 1.82) is 0 Å². The number of hydrogen-bond acceptors (Lipinski definition) is 4. The molecule has 1 N–H and O–H groups in total. The normalized spacial score (nSPS) is 11.2. The minimum atomic E-state index is -3.13. The van der Waals surface area contributed by atoms with E-state index in [9.17, 15) is 13.2 Å². The van der Waals surface area contributed by atoms with Crippen molar-refractivity contribution >= 4 is 15.7 Å². The van der Waals surface area contributed by atoms with Gasteiger partial charge in [0, 0.05) is 25.5 Å². The van der Waals surface area contributed by atoms with Crippen molar-refractivity contribution in [2.45, 2.75) is 18.9 Å². The standard InChI is InChI=1S/C18H21NO4S/c1-23-12-17-8-4-3-7-16(17)11-19-18(20)15-9-5-6-14(10-15)13-24(2,21)22/h3-10H,11-13H2,1-2H3,(H,19,20). The molecule has 0 aliphatic carbocycles. The molecular weight excluding hydrogens is 326 g/mol. The number of amides is 1. The van der Waals surface area contributed by atoms with Gasteiger partial charge < -0.3 is 10.1 Å². The van der Waals surface area contributed by atoms with Gasteiger partial charge in [-0.15, -0.1) is 0 Å². The fourth-order valence-corrected chi connectivity index (χ4v) is 3.19. The lowest BCUT2D eigenvalue weighted by molar-refractivity contribution is 0.0950. The van der Waals surface area contributed by atoms with E-state index in [1.807, 2.05) is 24.3 Å². The van der Waals surface area contributed by atoms with E-state index < -0.39 is 9.84 Å². The molecule has 0 bridgehead atoms. The van der Waals surface area contributed by atoms with E-state index in [2.05, 4.69) is 5.32 Å². The van der Waals surface area contributed by atoms with Crippen molar-refractivity contribution in [2.75, 3.05) is 13.4 Å².